The van der Waals surface area contributed by atoms with E-state index in [1.54, 1.807) is 11.0 Å². The molecule has 1 aromatic heterocycles. The number of carbonyl (C=O) groups is 2. The number of anilines is 2. The Balaban J connectivity index is 1.54. The molecule has 1 aromatic carbocycles. The molecule has 2 aliphatic rings. The van der Waals surface area contributed by atoms with E-state index in [1.807, 2.05) is 30.1 Å². The molecule has 29 heavy (non-hydrogen) atoms. The molecule has 2 aromatic rings. The molecule has 152 valence electrons. The van der Waals surface area contributed by atoms with Crippen LogP contribution < -0.4 is 20.4 Å². The third-order valence-electron chi connectivity index (χ3n) is 5.24. The standard InChI is InChI=1S/C21H26N6O2/c1-26(11-9-15-5-3-2-4-6-15)20-24-17(19(28)23-14-16-7-8-16)13-18(25-20)27-12-10-22-21(27)29/h2-6,13,16H,7-12,14H2,1H3,(H,22,29)(H,23,28). The van der Waals surface area contributed by atoms with Gasteiger partial charge in [0.2, 0.25) is 5.95 Å². The van der Waals surface area contributed by atoms with Crippen molar-refractivity contribution in [2.45, 2.75) is 19.3 Å². The third-order valence-corrected chi connectivity index (χ3v) is 5.24. The Labute approximate surface area is 170 Å². The molecule has 0 radical (unpaired) electrons. The smallest absolute Gasteiger partial charge is 0.323 e. The lowest BCUT2D eigenvalue weighted by molar-refractivity contribution is 0.0946. The Hall–Kier alpha value is -3.16. The predicted octanol–water partition coefficient (Wildman–Crippen LogP) is 1.82. The number of nitrogens with zero attached hydrogens (tertiary/aromatic N) is 4. The molecule has 0 bridgehead atoms. The van der Waals surface area contributed by atoms with Crippen LogP contribution in [0.3, 0.4) is 0 Å². The second-order valence-electron chi connectivity index (χ2n) is 7.61. The first-order valence-electron chi connectivity index (χ1n) is 10.1. The highest BCUT2D eigenvalue weighted by Gasteiger charge is 2.26. The third kappa shape index (κ3) is 4.82. The summed E-state index contributed by atoms with van der Waals surface area (Å²) in [5, 5.41) is 5.72. The number of rotatable bonds is 8. The molecular formula is C21H26N6O2. The maximum atomic E-state index is 12.6. The molecule has 1 aliphatic carbocycles. The summed E-state index contributed by atoms with van der Waals surface area (Å²) in [5.41, 5.74) is 1.51. The highest BCUT2D eigenvalue weighted by molar-refractivity contribution is 5.96. The van der Waals surface area contributed by atoms with Gasteiger partial charge in [-0.15, -0.1) is 0 Å². The second kappa shape index (κ2) is 8.46. The average molecular weight is 394 g/mol. The van der Waals surface area contributed by atoms with Crippen molar-refractivity contribution in [3.63, 3.8) is 0 Å². The SMILES string of the molecule is CN(CCc1ccccc1)c1nc(C(=O)NCC2CC2)cc(N2CCNC2=O)n1. The van der Waals surface area contributed by atoms with Gasteiger partial charge in [-0.25, -0.2) is 9.78 Å². The largest absolute Gasteiger partial charge is 0.350 e. The highest BCUT2D eigenvalue weighted by Crippen LogP contribution is 2.27. The van der Waals surface area contributed by atoms with Gasteiger partial charge in [-0.05, 0) is 30.7 Å². The van der Waals surface area contributed by atoms with Gasteiger partial charge in [-0.3, -0.25) is 9.69 Å². The first-order chi connectivity index (χ1) is 14.1. The topological polar surface area (TPSA) is 90.5 Å². The van der Waals surface area contributed by atoms with E-state index >= 15 is 0 Å². The van der Waals surface area contributed by atoms with Gasteiger partial charge in [-0.1, -0.05) is 30.3 Å². The molecule has 0 unspecified atom stereocenters. The van der Waals surface area contributed by atoms with Crippen molar-refractivity contribution >= 4 is 23.7 Å². The van der Waals surface area contributed by atoms with Crippen molar-refractivity contribution in [3.05, 3.63) is 47.7 Å². The van der Waals surface area contributed by atoms with Crippen molar-refractivity contribution in [2.24, 2.45) is 5.92 Å². The molecule has 8 nitrogen and oxygen atoms in total. The number of hydrogen-bond donors (Lipinski definition) is 2. The van der Waals surface area contributed by atoms with Gasteiger partial charge in [-0.2, -0.15) is 4.98 Å². The van der Waals surface area contributed by atoms with Crippen LogP contribution in [0.4, 0.5) is 16.6 Å². The van der Waals surface area contributed by atoms with E-state index in [0.29, 0.717) is 43.9 Å². The van der Waals surface area contributed by atoms with Crippen LogP contribution in [0.1, 0.15) is 28.9 Å². The normalized spacial score (nSPS) is 15.9. The monoisotopic (exact) mass is 394 g/mol. The number of carbonyl (C=O) groups excluding carboxylic acids is 2. The molecule has 3 amide bonds. The number of aromatic nitrogens is 2. The van der Waals surface area contributed by atoms with E-state index in [0.717, 1.165) is 19.3 Å². The van der Waals surface area contributed by atoms with Crippen LogP contribution in [0.15, 0.2) is 36.4 Å². The summed E-state index contributed by atoms with van der Waals surface area (Å²) in [4.78, 5) is 37.3. The van der Waals surface area contributed by atoms with E-state index in [4.69, 9.17) is 0 Å². The Bertz CT molecular complexity index is 884. The second-order valence-corrected chi connectivity index (χ2v) is 7.61. The predicted molar refractivity (Wildman–Crippen MR) is 111 cm³/mol. The van der Waals surface area contributed by atoms with E-state index in [2.05, 4.69) is 32.7 Å². The van der Waals surface area contributed by atoms with Crippen molar-refractivity contribution in [1.29, 1.82) is 0 Å². The number of likely N-dealkylation sites (N-methyl/N-ethyl adjacent to an activating group) is 1. The molecular weight excluding hydrogens is 368 g/mol. The van der Waals surface area contributed by atoms with Crippen molar-refractivity contribution in [2.75, 3.05) is 43.0 Å². The van der Waals surface area contributed by atoms with E-state index in [-0.39, 0.29) is 17.6 Å². The Morgan fingerprint density at radius 3 is 2.76 bits per heavy atom. The maximum absolute atomic E-state index is 12.6. The van der Waals surface area contributed by atoms with Crippen LogP contribution in [0.25, 0.3) is 0 Å². The minimum absolute atomic E-state index is 0.203. The molecule has 2 fully saturated rings. The number of amides is 3. The number of nitrogens with one attached hydrogen (secondary N) is 2. The molecule has 2 N–H and O–H groups in total. The fourth-order valence-corrected chi connectivity index (χ4v) is 3.23. The lowest BCUT2D eigenvalue weighted by Gasteiger charge is -2.21. The van der Waals surface area contributed by atoms with Gasteiger partial charge in [0.25, 0.3) is 5.91 Å². The lowest BCUT2D eigenvalue weighted by Crippen LogP contribution is -2.32. The molecule has 2 heterocycles. The fraction of sp³-hybridized carbons (Fsp3) is 0.429. The highest BCUT2D eigenvalue weighted by atomic mass is 16.2. The number of hydrogen-bond acceptors (Lipinski definition) is 5. The quantitative estimate of drug-likeness (QED) is 0.713. The lowest BCUT2D eigenvalue weighted by atomic mass is 10.1. The van der Waals surface area contributed by atoms with Crippen LogP contribution >= 0.6 is 0 Å². The first-order valence-corrected chi connectivity index (χ1v) is 10.1. The summed E-state index contributed by atoms with van der Waals surface area (Å²) >= 11 is 0. The molecule has 1 saturated heterocycles. The number of benzene rings is 1. The van der Waals surface area contributed by atoms with Crippen LogP contribution in [-0.2, 0) is 6.42 Å². The van der Waals surface area contributed by atoms with Crippen molar-refractivity contribution < 1.29 is 9.59 Å². The molecule has 0 atom stereocenters. The van der Waals surface area contributed by atoms with Gasteiger partial charge >= 0.3 is 6.03 Å². The van der Waals surface area contributed by atoms with Crippen molar-refractivity contribution in [3.8, 4) is 0 Å². The molecule has 1 aliphatic heterocycles. The van der Waals surface area contributed by atoms with Gasteiger partial charge in [0.15, 0.2) is 0 Å². The molecule has 1 saturated carbocycles. The van der Waals surface area contributed by atoms with Crippen LogP contribution in [-0.4, -0.2) is 55.1 Å². The molecule has 4 rings (SSSR count). The maximum Gasteiger partial charge on any atom is 0.323 e. The zero-order valence-corrected chi connectivity index (χ0v) is 16.6. The molecule has 8 heteroatoms. The minimum atomic E-state index is -0.224. The van der Waals surface area contributed by atoms with Gasteiger partial charge in [0, 0.05) is 39.3 Å². The molecule has 0 spiro atoms. The summed E-state index contributed by atoms with van der Waals surface area (Å²) in [6.07, 6.45) is 3.16. The zero-order valence-electron chi connectivity index (χ0n) is 16.6. The van der Waals surface area contributed by atoms with Gasteiger partial charge < -0.3 is 15.5 Å². The summed E-state index contributed by atoms with van der Waals surface area (Å²) in [6, 6.07) is 11.6. The Morgan fingerprint density at radius 2 is 2.07 bits per heavy atom. The summed E-state index contributed by atoms with van der Waals surface area (Å²) in [6.45, 7) is 2.45. The van der Waals surface area contributed by atoms with Crippen LogP contribution in [0, 0.1) is 5.92 Å². The van der Waals surface area contributed by atoms with E-state index in [1.165, 1.54) is 5.56 Å². The Kier molecular flexibility index (Phi) is 5.59. The minimum Gasteiger partial charge on any atom is -0.350 e. The first kappa shape index (κ1) is 19.2. The van der Waals surface area contributed by atoms with Gasteiger partial charge in [0.05, 0.1) is 0 Å². The van der Waals surface area contributed by atoms with Crippen LogP contribution in [0.2, 0.25) is 0 Å². The summed E-state index contributed by atoms with van der Waals surface area (Å²) in [7, 11) is 1.90. The summed E-state index contributed by atoms with van der Waals surface area (Å²) in [5.74, 6) is 1.25. The fourth-order valence-electron chi connectivity index (χ4n) is 3.23. The van der Waals surface area contributed by atoms with Gasteiger partial charge in [0.1, 0.15) is 11.5 Å². The van der Waals surface area contributed by atoms with Crippen molar-refractivity contribution in [1.82, 2.24) is 20.6 Å². The zero-order chi connectivity index (χ0) is 20.2. The van der Waals surface area contributed by atoms with E-state index in [9.17, 15) is 9.59 Å². The average Bonchev–Trinajstić information content (AvgIpc) is 3.49. The van der Waals surface area contributed by atoms with Crippen LogP contribution in [0.5, 0.6) is 0 Å². The summed E-state index contributed by atoms with van der Waals surface area (Å²) < 4.78 is 0. The van der Waals surface area contributed by atoms with E-state index < -0.39 is 0 Å². The Morgan fingerprint density at radius 1 is 1.28 bits per heavy atom. The number of urea groups is 1.